The van der Waals surface area contributed by atoms with Gasteiger partial charge in [0, 0.05) is 0 Å². The second-order valence-corrected chi connectivity index (χ2v) is 8.24. The highest BCUT2D eigenvalue weighted by Crippen LogP contribution is 2.12. The maximum Gasteiger partial charge on any atom is 0.215 e. The number of allylic oxidation sites excluding steroid dienone is 2. The molecule has 0 saturated carbocycles. The first-order chi connectivity index (χ1) is 4.61. The van der Waals surface area contributed by atoms with Gasteiger partial charge in [0.1, 0.15) is 0 Å². The highest BCUT2D eigenvalue weighted by Gasteiger charge is 2.23. The summed E-state index contributed by atoms with van der Waals surface area (Å²) in [4.78, 5) is 0. The molecule has 1 fully saturated rings. The molecule has 0 N–H and O–H groups in total. The Labute approximate surface area is 67.2 Å². The first-order valence-electron chi connectivity index (χ1n) is 3.42. The van der Waals surface area contributed by atoms with Gasteiger partial charge >= 0.3 is 0 Å². The van der Waals surface area contributed by atoms with Crippen molar-refractivity contribution in [2.45, 2.75) is 13.8 Å². The lowest BCUT2D eigenvalue weighted by Crippen LogP contribution is -2.59. The second-order valence-electron chi connectivity index (χ2n) is 2.83. The van der Waals surface area contributed by atoms with Gasteiger partial charge in [-0.25, -0.2) is 0 Å². The summed E-state index contributed by atoms with van der Waals surface area (Å²) < 4.78 is 4.96. The molecule has 10 heavy (non-hydrogen) atoms. The van der Waals surface area contributed by atoms with Crippen molar-refractivity contribution in [1.29, 1.82) is 0 Å². The molecule has 0 amide bonds. The van der Waals surface area contributed by atoms with E-state index >= 15 is 0 Å². The lowest BCUT2D eigenvalue weighted by molar-refractivity contribution is 0.609. The van der Waals surface area contributed by atoms with Crippen molar-refractivity contribution in [3.05, 3.63) is 24.6 Å². The highest BCUT2D eigenvalue weighted by atomic mass is 28.4. The fraction of sp³-hybridized carbons (Fsp3) is 0.333. The molecule has 4 heteroatoms. The predicted molar refractivity (Wildman–Crippen MR) is 50.4 cm³/mol. The van der Waals surface area contributed by atoms with Crippen LogP contribution < -0.4 is 0 Å². The minimum Gasteiger partial charge on any atom is -0.406 e. The van der Waals surface area contributed by atoms with Gasteiger partial charge in [-0.3, -0.25) is 0 Å². The van der Waals surface area contributed by atoms with Gasteiger partial charge in [0.25, 0.3) is 0 Å². The van der Waals surface area contributed by atoms with Gasteiger partial charge in [0.2, 0.25) is 19.7 Å². The third kappa shape index (κ3) is 1.32. The van der Waals surface area contributed by atoms with E-state index in [1.165, 1.54) is 11.4 Å². The Morgan fingerprint density at radius 3 is 1.50 bits per heavy atom. The van der Waals surface area contributed by atoms with Crippen molar-refractivity contribution in [2.75, 3.05) is 0 Å². The Morgan fingerprint density at radius 2 is 1.30 bits per heavy atom. The molecule has 1 saturated heterocycles. The summed E-state index contributed by atoms with van der Waals surface area (Å²) >= 11 is 0. The van der Waals surface area contributed by atoms with Gasteiger partial charge in [-0.05, 0) is 25.2 Å². The van der Waals surface area contributed by atoms with Crippen LogP contribution in [0, 0.1) is 0 Å². The van der Waals surface area contributed by atoms with Crippen LogP contribution in [0.2, 0.25) is 0 Å². The largest absolute Gasteiger partial charge is 0.406 e. The molecule has 0 bridgehead atoms. The van der Waals surface area contributed by atoms with Crippen molar-refractivity contribution < 1.29 is 0 Å². The van der Waals surface area contributed by atoms with E-state index in [2.05, 4.69) is 35.5 Å². The van der Waals surface area contributed by atoms with Crippen molar-refractivity contribution in [3.8, 4) is 0 Å². The molecular formula is C6H14N2Si2. The topological polar surface area (TPSA) is 6.48 Å². The van der Waals surface area contributed by atoms with Crippen molar-refractivity contribution in [3.63, 3.8) is 0 Å². The summed E-state index contributed by atoms with van der Waals surface area (Å²) in [6.45, 7) is 12.0. The van der Waals surface area contributed by atoms with E-state index in [0.29, 0.717) is 0 Å². The average Bonchev–Trinajstić information content (AvgIpc) is 1.56. The lowest BCUT2D eigenvalue weighted by Gasteiger charge is -2.45. The molecule has 1 aliphatic heterocycles. The van der Waals surface area contributed by atoms with Crippen LogP contribution in [0.4, 0.5) is 0 Å². The summed E-state index contributed by atoms with van der Waals surface area (Å²) in [7, 11) is -0.265. The first kappa shape index (κ1) is 7.62. The van der Waals surface area contributed by atoms with Crippen molar-refractivity contribution in [2.24, 2.45) is 0 Å². The van der Waals surface area contributed by atoms with E-state index in [1.807, 2.05) is 0 Å². The summed E-state index contributed by atoms with van der Waals surface area (Å²) in [5.74, 6) is 0. The maximum absolute atomic E-state index is 3.91. The van der Waals surface area contributed by atoms with Gasteiger partial charge in [0.15, 0.2) is 0 Å². The summed E-state index contributed by atoms with van der Waals surface area (Å²) in [5, 5.41) is 0. The van der Waals surface area contributed by atoms with E-state index < -0.39 is 0 Å². The average molecular weight is 170 g/mol. The molecule has 0 aromatic carbocycles. The normalized spacial score (nSPS) is 21.4. The van der Waals surface area contributed by atoms with Crippen LogP contribution in [0.3, 0.4) is 0 Å². The quantitative estimate of drug-likeness (QED) is 0.524. The smallest absolute Gasteiger partial charge is 0.215 e. The fourth-order valence-electron chi connectivity index (χ4n) is 0.854. The van der Waals surface area contributed by atoms with E-state index in [9.17, 15) is 0 Å². The third-order valence-electron chi connectivity index (χ3n) is 1.76. The molecule has 0 aliphatic carbocycles. The van der Waals surface area contributed by atoms with Gasteiger partial charge in [-0.2, -0.15) is 0 Å². The molecule has 56 valence electrons. The number of hydrogen-bond acceptors (Lipinski definition) is 2. The minimum atomic E-state index is -0.133. The Bertz CT molecular complexity index is 155. The molecule has 0 aromatic heterocycles. The highest BCUT2D eigenvalue weighted by molar-refractivity contribution is 6.66. The summed E-state index contributed by atoms with van der Waals surface area (Å²) in [5.41, 5.74) is 2.52. The Balaban J connectivity index is 2.31. The Hall–Kier alpha value is -0.486. The number of rotatable bonds is 2. The predicted octanol–water partition coefficient (Wildman–Crippen LogP) is -0.331. The van der Waals surface area contributed by atoms with Gasteiger partial charge in [-0.15, -0.1) is 0 Å². The molecule has 0 unspecified atom stereocenters. The van der Waals surface area contributed by atoms with Crippen LogP contribution in [-0.2, 0) is 0 Å². The zero-order valence-corrected chi connectivity index (χ0v) is 9.55. The van der Waals surface area contributed by atoms with E-state index in [-0.39, 0.29) is 19.7 Å². The standard InChI is InChI=1S/C6H14N2Si2/c1-5(2)7-9-8(10-7)6(3)4/h1,3,9-10H2,2,4H3. The molecular weight excluding hydrogens is 156 g/mol. The third-order valence-corrected chi connectivity index (χ3v) is 7.69. The van der Waals surface area contributed by atoms with Gasteiger partial charge < -0.3 is 8.46 Å². The second kappa shape index (κ2) is 2.63. The van der Waals surface area contributed by atoms with Crippen molar-refractivity contribution >= 4 is 19.7 Å². The van der Waals surface area contributed by atoms with Gasteiger partial charge in [0.05, 0.1) is 0 Å². The van der Waals surface area contributed by atoms with Crippen LogP contribution in [-0.4, -0.2) is 28.1 Å². The minimum absolute atomic E-state index is 0.133. The van der Waals surface area contributed by atoms with Crippen LogP contribution in [0.25, 0.3) is 0 Å². The SMILES string of the molecule is C=C(C)N1[SiH2]N(C(=C)C)[SiH2]1. The van der Waals surface area contributed by atoms with Crippen LogP contribution in [0.5, 0.6) is 0 Å². The van der Waals surface area contributed by atoms with Crippen LogP contribution in [0.1, 0.15) is 13.8 Å². The maximum atomic E-state index is 3.91. The van der Waals surface area contributed by atoms with E-state index in [1.54, 1.807) is 0 Å². The summed E-state index contributed by atoms with van der Waals surface area (Å²) in [6, 6.07) is 0. The van der Waals surface area contributed by atoms with Crippen LogP contribution in [0.15, 0.2) is 24.6 Å². The molecule has 1 heterocycles. The zero-order chi connectivity index (χ0) is 7.72. The number of nitrogens with zero attached hydrogens (tertiary/aromatic N) is 2. The fourth-order valence-corrected chi connectivity index (χ4v) is 4.36. The molecule has 0 radical (unpaired) electrons. The zero-order valence-electron chi connectivity index (χ0n) is 6.72. The Kier molecular flexibility index (Phi) is 2.01. The monoisotopic (exact) mass is 170 g/mol. The van der Waals surface area contributed by atoms with Crippen LogP contribution >= 0.6 is 0 Å². The van der Waals surface area contributed by atoms with Crippen molar-refractivity contribution in [1.82, 2.24) is 8.46 Å². The van der Waals surface area contributed by atoms with E-state index in [0.717, 1.165) is 0 Å². The molecule has 0 spiro atoms. The van der Waals surface area contributed by atoms with Gasteiger partial charge in [-0.1, -0.05) is 13.2 Å². The summed E-state index contributed by atoms with van der Waals surface area (Å²) in [6.07, 6.45) is 0. The lowest BCUT2D eigenvalue weighted by atomic mass is 10.6. The molecule has 0 aromatic rings. The number of hydrogen-bond donors (Lipinski definition) is 0. The molecule has 0 atom stereocenters. The molecule has 2 nitrogen and oxygen atoms in total. The first-order valence-corrected chi connectivity index (χ1v) is 5.95. The molecule has 1 aliphatic rings. The Morgan fingerprint density at radius 1 is 1.00 bits per heavy atom. The molecule has 1 rings (SSSR count). The van der Waals surface area contributed by atoms with E-state index in [4.69, 9.17) is 0 Å².